The maximum atomic E-state index is 12.7. The lowest BCUT2D eigenvalue weighted by molar-refractivity contribution is -0.383. The number of nitrogens with zero attached hydrogens (tertiary/aromatic N) is 2. The number of anilines is 2. The third-order valence-electron chi connectivity index (χ3n) is 3.31. The van der Waals surface area contributed by atoms with Gasteiger partial charge in [0, 0.05) is 11.8 Å². The summed E-state index contributed by atoms with van der Waals surface area (Å²) in [6, 6.07) is 9.34. The van der Waals surface area contributed by atoms with E-state index >= 15 is 0 Å². The van der Waals surface area contributed by atoms with E-state index in [-0.39, 0.29) is 28.0 Å². The predicted octanol–water partition coefficient (Wildman–Crippen LogP) is 3.48. The van der Waals surface area contributed by atoms with Crippen LogP contribution in [-0.2, 0) is 14.3 Å². The first-order valence-electron chi connectivity index (χ1n) is 7.68. The minimum atomic E-state index is -0.732. The lowest BCUT2D eigenvalue weighted by Crippen LogP contribution is -2.28. The molecule has 0 unspecified atom stereocenters. The molecule has 0 fully saturated rings. The summed E-state index contributed by atoms with van der Waals surface area (Å²) in [6.45, 7) is 3.01. The molecule has 1 amide bonds. The van der Waals surface area contributed by atoms with Crippen LogP contribution in [0.2, 0.25) is 0 Å². The molecule has 0 spiro atoms. The largest absolute Gasteiger partial charge is 0.466 e. The molecule has 2 rings (SSSR count). The van der Waals surface area contributed by atoms with E-state index in [4.69, 9.17) is 4.74 Å². The van der Waals surface area contributed by atoms with E-state index in [0.717, 1.165) is 22.3 Å². The molecule has 136 valence electrons. The summed E-state index contributed by atoms with van der Waals surface area (Å²) in [5.74, 6) is -1.77. The average Bonchev–Trinajstić information content (AvgIpc) is 3.01. The van der Waals surface area contributed by atoms with Crippen molar-refractivity contribution in [2.24, 2.45) is 0 Å². The van der Waals surface area contributed by atoms with Gasteiger partial charge < -0.3 is 4.74 Å². The third-order valence-corrected chi connectivity index (χ3v) is 4.52. The summed E-state index contributed by atoms with van der Waals surface area (Å²) in [4.78, 5) is 48.0. The van der Waals surface area contributed by atoms with Crippen molar-refractivity contribution in [1.29, 1.82) is 0 Å². The van der Waals surface area contributed by atoms with Gasteiger partial charge in [-0.05, 0) is 26.0 Å². The van der Waals surface area contributed by atoms with Gasteiger partial charge in [-0.3, -0.25) is 29.4 Å². The van der Waals surface area contributed by atoms with Gasteiger partial charge in [0.05, 0.1) is 16.4 Å². The van der Waals surface area contributed by atoms with Crippen LogP contribution in [0.15, 0.2) is 36.4 Å². The van der Waals surface area contributed by atoms with Gasteiger partial charge in [-0.1, -0.05) is 18.2 Å². The molecular formula is C17H16N2O6S. The normalized spacial score (nSPS) is 10.2. The van der Waals surface area contributed by atoms with E-state index in [1.807, 2.05) is 0 Å². The summed E-state index contributed by atoms with van der Waals surface area (Å²) < 4.78 is 4.78. The first-order valence-corrected chi connectivity index (χ1v) is 8.49. The number of para-hydroxylation sites is 1. The molecule has 0 radical (unpaired) electrons. The van der Waals surface area contributed by atoms with Crippen LogP contribution in [-0.4, -0.2) is 29.2 Å². The molecule has 2 aromatic rings. The highest BCUT2D eigenvalue weighted by Crippen LogP contribution is 2.41. The molecule has 8 nitrogen and oxygen atoms in total. The Morgan fingerprint density at radius 2 is 1.88 bits per heavy atom. The number of hydrogen-bond donors (Lipinski definition) is 0. The van der Waals surface area contributed by atoms with Crippen molar-refractivity contribution in [3.8, 4) is 0 Å². The maximum absolute atomic E-state index is 12.7. The zero-order valence-corrected chi connectivity index (χ0v) is 14.9. The zero-order chi connectivity index (χ0) is 19.3. The van der Waals surface area contributed by atoms with Crippen LogP contribution >= 0.6 is 11.3 Å². The van der Waals surface area contributed by atoms with Crippen molar-refractivity contribution in [3.63, 3.8) is 0 Å². The monoisotopic (exact) mass is 376 g/mol. The number of rotatable bonds is 7. The lowest BCUT2D eigenvalue weighted by Gasteiger charge is -2.20. The van der Waals surface area contributed by atoms with Gasteiger partial charge in [-0.15, -0.1) is 11.3 Å². The van der Waals surface area contributed by atoms with Crippen molar-refractivity contribution in [2.75, 3.05) is 11.5 Å². The predicted molar refractivity (Wildman–Crippen MR) is 95.8 cm³/mol. The molecule has 9 heteroatoms. The average molecular weight is 376 g/mol. The van der Waals surface area contributed by atoms with Gasteiger partial charge in [0.15, 0.2) is 10.8 Å². The Bertz CT molecular complexity index is 846. The quantitative estimate of drug-likeness (QED) is 0.241. The van der Waals surface area contributed by atoms with Gasteiger partial charge >= 0.3 is 11.7 Å². The second kappa shape index (κ2) is 8.34. The molecular weight excluding hydrogens is 360 g/mol. The fourth-order valence-electron chi connectivity index (χ4n) is 2.20. The minimum Gasteiger partial charge on any atom is -0.466 e. The van der Waals surface area contributed by atoms with Crippen molar-refractivity contribution in [3.05, 3.63) is 51.4 Å². The Kier molecular flexibility index (Phi) is 6.18. The molecule has 26 heavy (non-hydrogen) atoms. The number of amides is 1. The summed E-state index contributed by atoms with van der Waals surface area (Å²) >= 11 is 0.829. The van der Waals surface area contributed by atoms with Crippen LogP contribution < -0.4 is 4.90 Å². The molecule has 1 heterocycles. The standard InChI is InChI=1S/C17H16N2O6S/c1-3-25-16(22)10-15(21)18(12-7-5-4-6-8-12)17-13(19(23)24)9-14(26-17)11(2)20/h4-9H,3,10H2,1-2H3. The molecule has 0 N–H and O–H groups in total. The summed E-state index contributed by atoms with van der Waals surface area (Å²) in [6.07, 6.45) is -0.576. The number of esters is 1. The van der Waals surface area contributed by atoms with Gasteiger partial charge in [0.2, 0.25) is 5.91 Å². The minimum absolute atomic E-state index is 0.0271. The number of Topliss-reactive ketones (excluding diaryl/α,β-unsaturated/α-hetero) is 1. The van der Waals surface area contributed by atoms with Gasteiger partial charge in [-0.2, -0.15) is 0 Å². The van der Waals surface area contributed by atoms with E-state index in [1.165, 1.54) is 6.92 Å². The molecule has 0 aliphatic rings. The van der Waals surface area contributed by atoms with Crippen molar-refractivity contribution < 1.29 is 24.0 Å². The van der Waals surface area contributed by atoms with Crippen molar-refractivity contribution >= 4 is 45.4 Å². The number of carbonyl (C=O) groups excluding carboxylic acids is 3. The van der Waals surface area contributed by atoms with Gasteiger partial charge in [0.25, 0.3) is 0 Å². The van der Waals surface area contributed by atoms with Crippen molar-refractivity contribution in [2.45, 2.75) is 20.3 Å². The fourth-order valence-corrected chi connectivity index (χ4v) is 3.26. The third kappa shape index (κ3) is 4.31. The molecule has 0 atom stereocenters. The van der Waals surface area contributed by atoms with Crippen LogP contribution in [0.1, 0.15) is 29.9 Å². The Labute approximate surface area is 153 Å². The number of benzene rings is 1. The maximum Gasteiger partial charge on any atom is 0.315 e. The van der Waals surface area contributed by atoms with Gasteiger partial charge in [0.1, 0.15) is 6.42 Å². The van der Waals surface area contributed by atoms with E-state index in [2.05, 4.69) is 0 Å². The SMILES string of the molecule is CCOC(=O)CC(=O)N(c1ccccc1)c1sc(C(C)=O)cc1[N+](=O)[O-]. The summed E-state index contributed by atoms with van der Waals surface area (Å²) in [5, 5.41) is 11.4. The number of thiophene rings is 1. The first-order chi connectivity index (χ1) is 12.3. The van der Waals surface area contributed by atoms with E-state index in [9.17, 15) is 24.5 Å². The molecule has 0 aliphatic carbocycles. The van der Waals surface area contributed by atoms with Crippen LogP contribution in [0.3, 0.4) is 0 Å². The van der Waals surface area contributed by atoms with E-state index in [0.29, 0.717) is 5.69 Å². The molecule has 0 bridgehead atoms. The Morgan fingerprint density at radius 1 is 1.23 bits per heavy atom. The van der Waals surface area contributed by atoms with Crippen LogP contribution in [0.5, 0.6) is 0 Å². The second-order valence-electron chi connectivity index (χ2n) is 5.16. The van der Waals surface area contributed by atoms with Gasteiger partial charge in [-0.25, -0.2) is 0 Å². The molecule has 0 aliphatic heterocycles. The summed E-state index contributed by atoms with van der Waals surface area (Å²) in [7, 11) is 0. The van der Waals surface area contributed by atoms with Crippen LogP contribution in [0.4, 0.5) is 16.4 Å². The highest BCUT2D eigenvalue weighted by molar-refractivity contribution is 7.18. The molecule has 0 saturated carbocycles. The second-order valence-corrected chi connectivity index (χ2v) is 6.19. The highest BCUT2D eigenvalue weighted by atomic mass is 32.1. The number of nitro groups is 1. The van der Waals surface area contributed by atoms with Crippen LogP contribution in [0.25, 0.3) is 0 Å². The Balaban J connectivity index is 2.55. The number of ether oxygens (including phenoxy) is 1. The van der Waals surface area contributed by atoms with E-state index < -0.39 is 23.2 Å². The Hall–Kier alpha value is -3.07. The number of ketones is 1. The molecule has 1 aromatic carbocycles. The highest BCUT2D eigenvalue weighted by Gasteiger charge is 2.31. The van der Waals surface area contributed by atoms with E-state index in [1.54, 1.807) is 37.3 Å². The zero-order valence-electron chi connectivity index (χ0n) is 14.1. The Morgan fingerprint density at radius 3 is 2.42 bits per heavy atom. The lowest BCUT2D eigenvalue weighted by atomic mass is 10.2. The summed E-state index contributed by atoms with van der Waals surface area (Å²) in [5.41, 5.74) is -0.0249. The molecule has 0 saturated heterocycles. The molecule has 1 aromatic heterocycles. The topological polar surface area (TPSA) is 107 Å². The smallest absolute Gasteiger partial charge is 0.315 e. The fraction of sp³-hybridized carbons (Fsp3) is 0.235. The van der Waals surface area contributed by atoms with Crippen molar-refractivity contribution in [1.82, 2.24) is 0 Å². The number of carbonyl (C=O) groups is 3. The van der Waals surface area contributed by atoms with Crippen LogP contribution in [0, 0.1) is 10.1 Å². The first kappa shape index (κ1) is 19.3. The number of hydrogen-bond acceptors (Lipinski definition) is 7.